The van der Waals surface area contributed by atoms with Crippen LogP contribution in [0.4, 0.5) is 0 Å². The highest BCUT2D eigenvalue weighted by molar-refractivity contribution is 5.86. The Morgan fingerprint density at radius 3 is 2.27 bits per heavy atom. The van der Waals surface area contributed by atoms with E-state index in [2.05, 4.69) is 23.8 Å². The Balaban J connectivity index is 1.97. The Kier molecular flexibility index (Phi) is 13.5. The zero-order chi connectivity index (χ0) is 26.9. The van der Waals surface area contributed by atoms with Crippen LogP contribution in [0.15, 0.2) is 86.0 Å². The van der Waals surface area contributed by atoms with Gasteiger partial charge in [-0.25, -0.2) is 0 Å². The summed E-state index contributed by atoms with van der Waals surface area (Å²) >= 11 is 0. The SMILES string of the molecule is C=CCCCC(=O)O[C@H](CNC(=O)[C@@H](CC=C)CC(=O)N[C@@H](CO)Cc1ccccc1)c1ccccc1. The molecule has 0 saturated heterocycles. The van der Waals surface area contributed by atoms with Crippen LogP contribution in [0, 0.1) is 5.92 Å². The van der Waals surface area contributed by atoms with E-state index in [0.717, 1.165) is 17.5 Å². The topological polar surface area (TPSA) is 105 Å². The third kappa shape index (κ3) is 11.3. The number of esters is 1. The van der Waals surface area contributed by atoms with Crippen LogP contribution in [0.1, 0.15) is 49.3 Å². The number of aliphatic hydroxyl groups excluding tert-OH is 1. The van der Waals surface area contributed by atoms with Gasteiger partial charge in [0.25, 0.3) is 0 Å². The molecule has 2 aromatic rings. The van der Waals surface area contributed by atoms with E-state index in [4.69, 9.17) is 4.74 Å². The number of hydrogen-bond acceptors (Lipinski definition) is 5. The van der Waals surface area contributed by atoms with Crippen LogP contribution < -0.4 is 10.6 Å². The van der Waals surface area contributed by atoms with Crippen molar-refractivity contribution in [1.29, 1.82) is 0 Å². The van der Waals surface area contributed by atoms with Crippen molar-refractivity contribution in [2.45, 2.75) is 50.7 Å². The second-order valence-corrected chi connectivity index (χ2v) is 8.88. The summed E-state index contributed by atoms with van der Waals surface area (Å²) in [5, 5.41) is 15.4. The van der Waals surface area contributed by atoms with E-state index >= 15 is 0 Å². The first-order chi connectivity index (χ1) is 18.0. The average Bonchev–Trinajstić information content (AvgIpc) is 2.91. The molecular weight excluding hydrogens is 468 g/mol. The van der Waals surface area contributed by atoms with Crippen LogP contribution in [-0.4, -0.2) is 42.1 Å². The fraction of sp³-hybridized carbons (Fsp3) is 0.367. The lowest BCUT2D eigenvalue weighted by atomic mass is 9.98. The number of carbonyl (C=O) groups excluding carboxylic acids is 3. The van der Waals surface area contributed by atoms with Crippen LogP contribution in [0.5, 0.6) is 0 Å². The Labute approximate surface area is 219 Å². The normalized spacial score (nSPS) is 13.0. The van der Waals surface area contributed by atoms with Gasteiger partial charge in [-0.05, 0) is 36.8 Å². The lowest BCUT2D eigenvalue weighted by Crippen LogP contribution is -2.42. The smallest absolute Gasteiger partial charge is 0.306 e. The van der Waals surface area contributed by atoms with Gasteiger partial charge < -0.3 is 20.5 Å². The minimum Gasteiger partial charge on any atom is -0.456 e. The molecule has 7 nitrogen and oxygen atoms in total. The van der Waals surface area contributed by atoms with E-state index in [1.165, 1.54) is 0 Å². The number of nitrogens with one attached hydrogen (secondary N) is 2. The molecule has 0 aliphatic rings. The number of amides is 2. The van der Waals surface area contributed by atoms with Crippen molar-refractivity contribution in [2.75, 3.05) is 13.2 Å². The van der Waals surface area contributed by atoms with Crippen molar-refractivity contribution in [3.8, 4) is 0 Å². The lowest BCUT2D eigenvalue weighted by molar-refractivity contribution is -0.150. The maximum absolute atomic E-state index is 13.0. The summed E-state index contributed by atoms with van der Waals surface area (Å²) in [6.45, 7) is 7.24. The fourth-order valence-corrected chi connectivity index (χ4v) is 3.90. The van der Waals surface area contributed by atoms with Crippen LogP contribution in [-0.2, 0) is 25.5 Å². The van der Waals surface area contributed by atoms with Crippen molar-refractivity contribution >= 4 is 17.8 Å². The van der Waals surface area contributed by atoms with Gasteiger partial charge in [0.05, 0.1) is 25.1 Å². The molecule has 0 saturated carbocycles. The van der Waals surface area contributed by atoms with Gasteiger partial charge in [0.15, 0.2) is 0 Å². The zero-order valence-corrected chi connectivity index (χ0v) is 21.3. The van der Waals surface area contributed by atoms with E-state index in [9.17, 15) is 19.5 Å². The highest BCUT2D eigenvalue weighted by atomic mass is 16.5. The van der Waals surface area contributed by atoms with Crippen molar-refractivity contribution in [3.63, 3.8) is 0 Å². The summed E-state index contributed by atoms with van der Waals surface area (Å²) in [7, 11) is 0. The standard InChI is InChI=1S/C30H38N2O5/c1-3-5-8-18-29(35)37-27(24-16-11-7-12-17-24)21-31-30(36)25(13-4-2)20-28(34)32-26(22-33)19-23-14-9-6-10-15-23/h3-4,6-7,9-12,14-17,25-27,33H,1-2,5,8,13,18-22H2,(H,31,36)(H,32,34)/t25-,26+,27+/m0/s1. The Hall–Kier alpha value is -3.71. The molecule has 2 rings (SSSR count). The quantitative estimate of drug-likeness (QED) is 0.171. The second kappa shape index (κ2) is 16.9. The molecule has 0 fully saturated rings. The molecule has 0 aliphatic heterocycles. The number of benzene rings is 2. The molecule has 0 aliphatic carbocycles. The molecule has 0 aromatic heterocycles. The Bertz CT molecular complexity index is 994. The van der Waals surface area contributed by atoms with Crippen LogP contribution in [0.3, 0.4) is 0 Å². The number of ether oxygens (including phenoxy) is 1. The number of hydrogen-bond donors (Lipinski definition) is 3. The second-order valence-electron chi connectivity index (χ2n) is 8.88. The number of aliphatic hydroxyl groups is 1. The van der Waals surface area contributed by atoms with Crippen LogP contribution in [0.2, 0.25) is 0 Å². The van der Waals surface area contributed by atoms with Crippen molar-refractivity contribution in [2.24, 2.45) is 5.92 Å². The molecule has 0 bridgehead atoms. The number of rotatable bonds is 17. The monoisotopic (exact) mass is 506 g/mol. The highest BCUT2D eigenvalue weighted by Gasteiger charge is 2.24. The zero-order valence-electron chi connectivity index (χ0n) is 21.3. The maximum atomic E-state index is 13.0. The average molecular weight is 507 g/mol. The van der Waals surface area contributed by atoms with Gasteiger partial charge in [-0.15, -0.1) is 13.2 Å². The van der Waals surface area contributed by atoms with Gasteiger partial charge in [-0.3, -0.25) is 14.4 Å². The lowest BCUT2D eigenvalue weighted by Gasteiger charge is -2.22. The molecule has 37 heavy (non-hydrogen) atoms. The number of unbranched alkanes of at least 4 members (excludes halogenated alkanes) is 1. The Morgan fingerprint density at radius 1 is 0.973 bits per heavy atom. The summed E-state index contributed by atoms with van der Waals surface area (Å²) in [4.78, 5) is 38.1. The number of allylic oxidation sites excluding steroid dienone is 2. The van der Waals surface area contributed by atoms with E-state index < -0.39 is 18.1 Å². The number of carbonyl (C=O) groups is 3. The molecule has 0 heterocycles. The third-order valence-corrected chi connectivity index (χ3v) is 5.86. The van der Waals surface area contributed by atoms with Gasteiger partial charge in [0.2, 0.25) is 11.8 Å². The molecule has 198 valence electrons. The third-order valence-electron chi connectivity index (χ3n) is 5.86. The summed E-state index contributed by atoms with van der Waals surface area (Å²) in [6.07, 6.45) is 5.06. The van der Waals surface area contributed by atoms with E-state index in [1.807, 2.05) is 60.7 Å². The van der Waals surface area contributed by atoms with Gasteiger partial charge in [-0.2, -0.15) is 0 Å². The predicted octanol–water partition coefficient (Wildman–Crippen LogP) is 4.05. The van der Waals surface area contributed by atoms with E-state index in [0.29, 0.717) is 19.3 Å². The minimum absolute atomic E-state index is 0.0551. The molecule has 2 amide bonds. The van der Waals surface area contributed by atoms with Crippen LogP contribution in [0.25, 0.3) is 0 Å². The molecule has 0 spiro atoms. The van der Waals surface area contributed by atoms with Gasteiger partial charge >= 0.3 is 5.97 Å². The molecule has 3 N–H and O–H groups in total. The van der Waals surface area contributed by atoms with E-state index in [1.54, 1.807) is 12.2 Å². The molecule has 2 aromatic carbocycles. The van der Waals surface area contributed by atoms with Crippen LogP contribution >= 0.6 is 0 Å². The largest absolute Gasteiger partial charge is 0.456 e. The summed E-state index contributed by atoms with van der Waals surface area (Å²) in [5.74, 6) is -1.65. The summed E-state index contributed by atoms with van der Waals surface area (Å²) in [6, 6.07) is 18.3. The maximum Gasteiger partial charge on any atom is 0.306 e. The van der Waals surface area contributed by atoms with Crippen molar-refractivity contribution in [1.82, 2.24) is 10.6 Å². The highest BCUT2D eigenvalue weighted by Crippen LogP contribution is 2.19. The van der Waals surface area contributed by atoms with Gasteiger partial charge in [-0.1, -0.05) is 72.8 Å². The molecule has 0 radical (unpaired) electrons. The first kappa shape index (κ1) is 29.5. The van der Waals surface area contributed by atoms with Crippen molar-refractivity contribution in [3.05, 3.63) is 97.1 Å². The molecular formula is C30H38N2O5. The summed E-state index contributed by atoms with van der Waals surface area (Å²) < 4.78 is 5.66. The fourth-order valence-electron chi connectivity index (χ4n) is 3.90. The van der Waals surface area contributed by atoms with Crippen molar-refractivity contribution < 1.29 is 24.2 Å². The molecule has 7 heteroatoms. The van der Waals surface area contributed by atoms with E-state index in [-0.39, 0.29) is 43.8 Å². The summed E-state index contributed by atoms with van der Waals surface area (Å²) in [5.41, 5.74) is 1.76. The predicted molar refractivity (Wildman–Crippen MR) is 144 cm³/mol. The van der Waals surface area contributed by atoms with Gasteiger partial charge in [0, 0.05) is 12.8 Å². The first-order valence-corrected chi connectivity index (χ1v) is 12.6. The van der Waals surface area contributed by atoms with Gasteiger partial charge in [0.1, 0.15) is 6.10 Å². The molecule has 0 unspecified atom stereocenters. The first-order valence-electron chi connectivity index (χ1n) is 12.6. The molecule has 3 atom stereocenters. The Morgan fingerprint density at radius 2 is 1.65 bits per heavy atom. The minimum atomic E-state index is -0.649.